The predicted molar refractivity (Wildman–Crippen MR) is 167 cm³/mol. The summed E-state index contributed by atoms with van der Waals surface area (Å²) in [7, 11) is -5.68. The largest absolute Gasteiger partial charge is 0.412 e. The molecule has 4 atom stereocenters. The van der Waals surface area contributed by atoms with Crippen LogP contribution < -0.4 is 0 Å². The lowest BCUT2D eigenvalue weighted by atomic mass is 9.90. The van der Waals surface area contributed by atoms with Crippen LogP contribution in [0.3, 0.4) is 0 Å². The molecule has 0 amide bonds. The Morgan fingerprint density at radius 3 is 1.89 bits per heavy atom. The van der Waals surface area contributed by atoms with Gasteiger partial charge in [-0.15, -0.1) is 0 Å². The van der Waals surface area contributed by atoms with Gasteiger partial charge in [-0.2, -0.15) is 0 Å². The number of hydrogen-bond donors (Lipinski definition) is 0. The molecule has 0 N–H and O–H groups in total. The van der Waals surface area contributed by atoms with E-state index in [9.17, 15) is 4.79 Å². The second-order valence-corrected chi connectivity index (χ2v) is 31.5. The molecule has 1 aromatic rings. The summed E-state index contributed by atoms with van der Waals surface area (Å²) in [5.41, 5.74) is 4.80. The first-order chi connectivity index (χ1) is 16.9. The third-order valence-electron chi connectivity index (χ3n) is 11.4. The van der Waals surface area contributed by atoms with Crippen molar-refractivity contribution in [2.24, 2.45) is 0 Å². The minimum Gasteiger partial charge on any atom is -0.412 e. The van der Waals surface area contributed by atoms with Crippen LogP contribution in [0.1, 0.15) is 115 Å². The molecule has 38 heavy (non-hydrogen) atoms. The Bertz CT molecular complexity index is 1120. The molecule has 216 valence electrons. The van der Waals surface area contributed by atoms with E-state index in [1.54, 1.807) is 0 Å². The Morgan fingerprint density at radius 1 is 0.842 bits per heavy atom. The van der Waals surface area contributed by atoms with Gasteiger partial charge in [-0.3, -0.25) is 4.79 Å². The summed E-state index contributed by atoms with van der Waals surface area (Å²) in [6.45, 7) is 37.0. The van der Waals surface area contributed by atoms with Gasteiger partial charge in [0.2, 0.25) is 0 Å². The summed E-state index contributed by atoms with van der Waals surface area (Å²) < 4.78 is 19.3. The van der Waals surface area contributed by atoms with Gasteiger partial charge >= 0.3 is 0 Å². The maximum Gasteiger partial charge on any atom is 0.192 e. The molecule has 0 aromatic carbocycles. The Balaban J connectivity index is 1.83. The van der Waals surface area contributed by atoms with Crippen molar-refractivity contribution in [2.75, 3.05) is 0 Å². The normalized spacial score (nSPS) is 26.3. The third-order valence-corrected chi connectivity index (χ3v) is 25.9. The van der Waals surface area contributed by atoms with Gasteiger partial charge in [-0.1, -0.05) is 75.4 Å². The van der Waals surface area contributed by atoms with Crippen LogP contribution in [0.4, 0.5) is 0 Å². The lowest BCUT2D eigenvalue weighted by Gasteiger charge is -2.41. The summed E-state index contributed by atoms with van der Waals surface area (Å²) in [6.07, 6.45) is 1.35. The molecule has 1 aromatic heterocycles. The molecule has 3 heterocycles. The zero-order valence-electron chi connectivity index (χ0n) is 27.2. The third kappa shape index (κ3) is 4.73. The molecular weight excluding hydrogens is 521 g/mol. The Morgan fingerprint density at radius 2 is 1.39 bits per heavy atom. The number of aromatic nitrogens is 1. The van der Waals surface area contributed by atoms with E-state index in [4.69, 9.17) is 8.85 Å². The predicted octanol–water partition coefficient (Wildman–Crippen LogP) is 8.79. The Kier molecular flexibility index (Phi) is 7.20. The summed E-state index contributed by atoms with van der Waals surface area (Å²) in [6, 6.07) is 0.943. The van der Waals surface area contributed by atoms with E-state index in [0.717, 1.165) is 18.7 Å². The van der Waals surface area contributed by atoms with Crippen molar-refractivity contribution in [1.29, 1.82) is 0 Å². The molecule has 0 radical (unpaired) electrons. The lowest BCUT2D eigenvalue weighted by molar-refractivity contribution is 0.0894. The second-order valence-electron chi connectivity index (χ2n) is 16.8. The van der Waals surface area contributed by atoms with Crippen LogP contribution in [0.15, 0.2) is 0 Å². The maximum absolute atomic E-state index is 13.6. The highest BCUT2D eigenvalue weighted by Gasteiger charge is 2.64. The van der Waals surface area contributed by atoms with E-state index in [1.807, 2.05) is 0 Å². The molecular formula is C30H56N2O3Si3. The van der Waals surface area contributed by atoms with Crippen molar-refractivity contribution < 1.29 is 13.6 Å². The van der Waals surface area contributed by atoms with Crippen LogP contribution in [-0.2, 0) is 22.0 Å². The molecule has 0 bridgehead atoms. The summed E-state index contributed by atoms with van der Waals surface area (Å²) in [5, 5.41) is 0.545. The number of nitrogens with zero attached hydrogens (tertiary/aromatic N) is 2. The molecule has 0 spiro atoms. The monoisotopic (exact) mass is 576 g/mol. The fraction of sp³-hybridized carbons (Fsp3) is 0.833. The van der Waals surface area contributed by atoms with Crippen LogP contribution >= 0.6 is 0 Å². The quantitative estimate of drug-likeness (QED) is 0.251. The summed E-state index contributed by atoms with van der Waals surface area (Å²) >= 11 is 0. The molecule has 1 aliphatic carbocycles. The van der Waals surface area contributed by atoms with Crippen molar-refractivity contribution in [3.05, 3.63) is 22.5 Å². The number of ketones is 1. The number of hydrogen-bond acceptors (Lipinski definition) is 4. The number of carbonyl (C=O) groups excluding carboxylic acids is 1. The lowest BCUT2D eigenvalue weighted by Crippen LogP contribution is -2.47. The van der Waals surface area contributed by atoms with E-state index in [-0.39, 0.29) is 21.2 Å². The number of fused-ring (bicyclic) bond motifs is 5. The van der Waals surface area contributed by atoms with Crippen LogP contribution in [0, 0.1) is 0 Å². The number of carbonyl (C=O) groups is 1. The smallest absolute Gasteiger partial charge is 0.192 e. The topological polar surface area (TPSA) is 43.5 Å². The van der Waals surface area contributed by atoms with Gasteiger partial charge in [0.15, 0.2) is 22.4 Å². The van der Waals surface area contributed by atoms with E-state index >= 15 is 0 Å². The molecule has 2 unspecified atom stereocenters. The average Bonchev–Trinajstić information content (AvgIpc) is 3.15. The highest BCUT2D eigenvalue weighted by Crippen LogP contribution is 2.60. The van der Waals surface area contributed by atoms with Gasteiger partial charge in [0, 0.05) is 35.8 Å². The Labute approximate surface area is 236 Å². The fourth-order valence-electron chi connectivity index (χ4n) is 5.80. The second kappa shape index (κ2) is 8.99. The van der Waals surface area contributed by atoms with E-state index in [0.29, 0.717) is 30.9 Å². The minimum atomic E-state index is -2.03. The van der Waals surface area contributed by atoms with E-state index < -0.39 is 24.9 Å². The van der Waals surface area contributed by atoms with Gasteiger partial charge in [0.25, 0.3) is 0 Å². The van der Waals surface area contributed by atoms with Gasteiger partial charge < -0.3 is 18.0 Å². The minimum absolute atomic E-state index is 0.0155. The van der Waals surface area contributed by atoms with Crippen molar-refractivity contribution >= 4 is 30.7 Å². The van der Waals surface area contributed by atoms with Crippen molar-refractivity contribution in [3.63, 3.8) is 0 Å². The zero-order valence-corrected chi connectivity index (χ0v) is 30.2. The van der Waals surface area contributed by atoms with Crippen LogP contribution in [0.5, 0.6) is 0 Å². The molecule has 0 saturated carbocycles. The highest BCUT2D eigenvalue weighted by atomic mass is 28.4. The maximum atomic E-state index is 13.6. The van der Waals surface area contributed by atoms with Gasteiger partial charge in [-0.05, 0) is 47.7 Å². The van der Waals surface area contributed by atoms with Crippen LogP contribution in [0.25, 0.3) is 0 Å². The fourth-order valence-corrected chi connectivity index (χ4v) is 10.8. The summed E-state index contributed by atoms with van der Waals surface area (Å²) in [4.78, 5) is 13.6. The summed E-state index contributed by atoms with van der Waals surface area (Å²) in [5.74, 6) is 0.301. The van der Waals surface area contributed by atoms with Crippen LogP contribution in [-0.4, -0.2) is 45.8 Å². The average molecular weight is 577 g/mol. The number of rotatable bonds is 6. The van der Waals surface area contributed by atoms with Crippen molar-refractivity contribution in [3.8, 4) is 0 Å². The zero-order chi connectivity index (χ0) is 29.0. The van der Waals surface area contributed by atoms with Crippen molar-refractivity contribution in [2.45, 2.75) is 161 Å². The molecule has 1 fully saturated rings. The molecule has 1 saturated heterocycles. The molecule has 4 rings (SSSR count). The first-order valence-corrected chi connectivity index (χ1v) is 23.6. The Hall–Kier alpha value is -0.519. The SMILES string of the molecule is CC(C)(C)[Si](C)(C)OCc1c2c(n3c1[C@@H]1[C@H](C3)N1[Si](C)(C)C(C)(C)C)C(=O)CCC2O[Si](C)(C)C(C)(C)C. The van der Waals surface area contributed by atoms with Gasteiger partial charge in [0.05, 0.1) is 24.4 Å². The standard InChI is InChI=1S/C30H56N2O3Si3/c1-28(2,3)36(10,11)32-21-18-31-25(26(21)32)20(19-34-37(12,13)29(4,5)6)24-23(17-16-22(33)27(24)31)35-38(14,15)30(7,8)9/h21,23,26H,16-19H2,1-15H3/t21-,23?,26-,32?/m0/s1. The van der Waals surface area contributed by atoms with E-state index in [2.05, 4.69) is 111 Å². The van der Waals surface area contributed by atoms with Gasteiger partial charge in [0.1, 0.15) is 8.24 Å². The first-order valence-electron chi connectivity index (χ1n) is 14.8. The van der Waals surface area contributed by atoms with E-state index in [1.165, 1.54) is 16.8 Å². The molecule has 2 aliphatic heterocycles. The highest BCUT2D eigenvalue weighted by molar-refractivity contribution is 6.78. The number of Topliss-reactive ketones (excluding diaryl/α,β-unsaturated/α-hetero) is 1. The van der Waals surface area contributed by atoms with Crippen molar-refractivity contribution in [1.82, 2.24) is 9.13 Å². The first kappa shape index (κ1) is 30.4. The molecule has 8 heteroatoms. The molecule has 5 nitrogen and oxygen atoms in total. The van der Waals surface area contributed by atoms with Gasteiger partial charge in [-0.25, -0.2) is 0 Å². The molecule has 3 aliphatic rings. The van der Waals surface area contributed by atoms with Crippen LogP contribution in [0.2, 0.25) is 54.4 Å².